The largest absolute Gasteiger partial charge is 0.349 e. The quantitative estimate of drug-likeness (QED) is 0.861. The summed E-state index contributed by atoms with van der Waals surface area (Å²) < 4.78 is 23.0. The number of rotatable bonds is 4. The second kappa shape index (κ2) is 5.77. The number of hydrogen-bond donors (Lipinski definition) is 1. The van der Waals surface area contributed by atoms with Gasteiger partial charge in [0.05, 0.1) is 22.8 Å². The first-order chi connectivity index (χ1) is 9.30. The molecule has 0 bridgehead atoms. The van der Waals surface area contributed by atoms with Crippen molar-refractivity contribution in [3.63, 3.8) is 0 Å². The van der Waals surface area contributed by atoms with Crippen LogP contribution in [0.4, 0.5) is 0 Å². The summed E-state index contributed by atoms with van der Waals surface area (Å²) in [5, 5.41) is 2.86. The van der Waals surface area contributed by atoms with E-state index in [1.165, 1.54) is 11.8 Å². The number of carbonyl (C=O) groups is 1. The minimum atomic E-state index is -2.99. The second-order valence-electron chi connectivity index (χ2n) is 5.51. The Balaban J connectivity index is 1.89. The predicted molar refractivity (Wildman–Crippen MR) is 81.7 cm³/mol. The Bertz CT molecular complexity index is 613. The summed E-state index contributed by atoms with van der Waals surface area (Å²) in [7, 11) is -2.99. The van der Waals surface area contributed by atoms with E-state index in [1.807, 2.05) is 31.2 Å². The van der Waals surface area contributed by atoms with Crippen LogP contribution in [-0.4, -0.2) is 37.1 Å². The van der Waals surface area contributed by atoms with E-state index in [4.69, 9.17) is 0 Å². The highest BCUT2D eigenvalue weighted by Gasteiger charge is 2.39. The molecule has 1 N–H and O–H groups in total. The maximum atomic E-state index is 12.0. The van der Waals surface area contributed by atoms with Gasteiger partial charge in [0.1, 0.15) is 0 Å². The summed E-state index contributed by atoms with van der Waals surface area (Å²) >= 11 is 1.48. The molecule has 0 radical (unpaired) electrons. The minimum Gasteiger partial charge on any atom is -0.349 e. The molecule has 1 unspecified atom stereocenters. The fourth-order valence-corrected chi connectivity index (χ4v) is 5.27. The van der Waals surface area contributed by atoms with Crippen molar-refractivity contribution in [3.05, 3.63) is 29.8 Å². The third kappa shape index (κ3) is 3.99. The van der Waals surface area contributed by atoms with E-state index in [9.17, 15) is 13.2 Å². The van der Waals surface area contributed by atoms with Crippen LogP contribution in [-0.2, 0) is 14.6 Å². The van der Waals surface area contributed by atoms with Gasteiger partial charge in [-0.25, -0.2) is 8.42 Å². The molecule has 1 heterocycles. The van der Waals surface area contributed by atoms with Gasteiger partial charge < -0.3 is 5.32 Å². The third-order valence-electron chi connectivity index (χ3n) is 3.40. The van der Waals surface area contributed by atoms with E-state index in [0.29, 0.717) is 12.2 Å². The fourth-order valence-electron chi connectivity index (χ4n) is 2.34. The lowest BCUT2D eigenvalue weighted by molar-refractivity contribution is -0.120. The van der Waals surface area contributed by atoms with Crippen LogP contribution < -0.4 is 5.32 Å². The van der Waals surface area contributed by atoms with Crippen molar-refractivity contribution < 1.29 is 13.2 Å². The van der Waals surface area contributed by atoms with Crippen LogP contribution in [0, 0.1) is 6.92 Å². The smallest absolute Gasteiger partial charge is 0.230 e. The zero-order valence-electron chi connectivity index (χ0n) is 11.7. The van der Waals surface area contributed by atoms with Crippen LogP contribution in [0.25, 0.3) is 0 Å². The molecule has 2 rings (SSSR count). The molecular formula is C14H19NO3S2. The van der Waals surface area contributed by atoms with Crippen LogP contribution in [0.15, 0.2) is 29.2 Å². The maximum absolute atomic E-state index is 12.0. The molecule has 1 aromatic carbocycles. The van der Waals surface area contributed by atoms with E-state index >= 15 is 0 Å². The van der Waals surface area contributed by atoms with E-state index < -0.39 is 15.4 Å². The van der Waals surface area contributed by atoms with Crippen LogP contribution in [0.2, 0.25) is 0 Å². The number of thioether (sulfide) groups is 1. The zero-order valence-corrected chi connectivity index (χ0v) is 13.3. The van der Waals surface area contributed by atoms with E-state index in [0.717, 1.165) is 10.5 Å². The molecule has 0 aliphatic carbocycles. The van der Waals surface area contributed by atoms with E-state index in [-0.39, 0.29) is 17.4 Å². The fraction of sp³-hybridized carbons (Fsp3) is 0.500. The molecule has 1 fully saturated rings. The summed E-state index contributed by atoms with van der Waals surface area (Å²) in [5.41, 5.74) is 0.530. The Morgan fingerprint density at radius 1 is 1.40 bits per heavy atom. The average Bonchev–Trinajstić information content (AvgIpc) is 2.62. The van der Waals surface area contributed by atoms with Crippen molar-refractivity contribution >= 4 is 27.5 Å². The van der Waals surface area contributed by atoms with Crippen molar-refractivity contribution in [2.75, 3.05) is 17.3 Å². The van der Waals surface area contributed by atoms with Gasteiger partial charge in [0.25, 0.3) is 0 Å². The Hall–Kier alpha value is -1.01. The van der Waals surface area contributed by atoms with Gasteiger partial charge in [0.2, 0.25) is 5.91 Å². The highest BCUT2D eigenvalue weighted by molar-refractivity contribution is 8.00. The highest BCUT2D eigenvalue weighted by atomic mass is 32.2. The number of hydrogen-bond acceptors (Lipinski definition) is 4. The van der Waals surface area contributed by atoms with E-state index in [1.54, 1.807) is 6.92 Å². The predicted octanol–water partition coefficient (Wildman–Crippen LogP) is 1.78. The molecule has 1 aromatic rings. The first kappa shape index (κ1) is 15.4. The number of benzene rings is 1. The van der Waals surface area contributed by atoms with Crippen LogP contribution in [0.3, 0.4) is 0 Å². The molecule has 0 spiro atoms. The van der Waals surface area contributed by atoms with Gasteiger partial charge in [-0.15, -0.1) is 11.8 Å². The Morgan fingerprint density at radius 2 is 2.10 bits per heavy atom. The number of sulfone groups is 1. The molecule has 6 heteroatoms. The van der Waals surface area contributed by atoms with Crippen LogP contribution in [0.1, 0.15) is 18.9 Å². The third-order valence-corrected chi connectivity index (χ3v) is 6.48. The summed E-state index contributed by atoms with van der Waals surface area (Å²) in [6.45, 7) is 3.80. The minimum absolute atomic E-state index is 0.0424. The summed E-state index contributed by atoms with van der Waals surface area (Å²) in [6.07, 6.45) is 0.496. The lowest BCUT2D eigenvalue weighted by Crippen LogP contribution is -2.47. The topological polar surface area (TPSA) is 63.2 Å². The van der Waals surface area contributed by atoms with Crippen molar-refractivity contribution in [1.29, 1.82) is 0 Å². The van der Waals surface area contributed by atoms with Gasteiger partial charge in [-0.2, -0.15) is 0 Å². The van der Waals surface area contributed by atoms with Gasteiger partial charge in [-0.3, -0.25) is 4.79 Å². The lowest BCUT2D eigenvalue weighted by Gasteiger charge is -2.23. The molecule has 1 saturated heterocycles. The number of carbonyl (C=O) groups excluding carboxylic acids is 1. The molecule has 4 nitrogen and oxygen atoms in total. The molecular weight excluding hydrogens is 294 g/mol. The lowest BCUT2D eigenvalue weighted by atomic mass is 10.0. The summed E-state index contributed by atoms with van der Waals surface area (Å²) in [4.78, 5) is 13.0. The molecule has 1 amide bonds. The van der Waals surface area contributed by atoms with Gasteiger partial charge >= 0.3 is 0 Å². The number of nitrogens with one attached hydrogen (secondary N) is 1. The molecule has 0 saturated carbocycles. The molecule has 1 aliphatic rings. The number of aryl methyl sites for hydroxylation is 1. The zero-order chi connectivity index (χ0) is 14.8. The van der Waals surface area contributed by atoms with Gasteiger partial charge in [-0.1, -0.05) is 18.2 Å². The molecule has 110 valence electrons. The van der Waals surface area contributed by atoms with Crippen molar-refractivity contribution in [2.24, 2.45) is 0 Å². The maximum Gasteiger partial charge on any atom is 0.230 e. The van der Waals surface area contributed by atoms with Gasteiger partial charge in [-0.05, 0) is 31.9 Å². The molecule has 1 atom stereocenters. The Labute approximate surface area is 124 Å². The van der Waals surface area contributed by atoms with Crippen LogP contribution >= 0.6 is 11.8 Å². The van der Waals surface area contributed by atoms with Gasteiger partial charge in [0.15, 0.2) is 9.84 Å². The SMILES string of the molecule is Cc1ccccc1SCC(=O)NC1(C)CCS(=O)(=O)C1. The first-order valence-corrected chi connectivity index (χ1v) is 9.30. The monoisotopic (exact) mass is 313 g/mol. The standard InChI is InChI=1S/C14H19NO3S2/c1-11-5-3-4-6-12(11)19-9-13(16)15-14(2)7-8-20(17,18)10-14/h3-6H,7-10H2,1-2H3,(H,15,16). The number of amides is 1. The van der Waals surface area contributed by atoms with Crippen molar-refractivity contribution in [2.45, 2.75) is 30.7 Å². The normalized spacial score (nSPS) is 24.5. The Kier molecular flexibility index (Phi) is 4.44. The summed E-state index contributed by atoms with van der Waals surface area (Å²) in [5.74, 6) is 0.397. The average molecular weight is 313 g/mol. The van der Waals surface area contributed by atoms with E-state index in [2.05, 4.69) is 5.32 Å². The molecule has 1 aliphatic heterocycles. The molecule has 0 aromatic heterocycles. The Morgan fingerprint density at radius 3 is 2.70 bits per heavy atom. The van der Waals surface area contributed by atoms with Crippen molar-refractivity contribution in [3.8, 4) is 0 Å². The highest BCUT2D eigenvalue weighted by Crippen LogP contribution is 2.24. The summed E-state index contributed by atoms with van der Waals surface area (Å²) in [6, 6.07) is 7.89. The molecule has 20 heavy (non-hydrogen) atoms. The second-order valence-corrected chi connectivity index (χ2v) is 8.71. The first-order valence-electron chi connectivity index (χ1n) is 6.50. The van der Waals surface area contributed by atoms with Crippen molar-refractivity contribution in [1.82, 2.24) is 5.32 Å². The van der Waals surface area contributed by atoms with Crippen LogP contribution in [0.5, 0.6) is 0 Å². The van der Waals surface area contributed by atoms with Gasteiger partial charge in [0, 0.05) is 4.90 Å².